The fourth-order valence-corrected chi connectivity index (χ4v) is 4.71. The molecular formula is C23H17Cl3N2. The smallest absolute Gasteiger partial charge is 0.131 e. The molecule has 1 aliphatic rings. The van der Waals surface area contributed by atoms with E-state index in [1.165, 1.54) is 11.1 Å². The molecule has 1 aromatic heterocycles. The predicted octanol–water partition coefficient (Wildman–Crippen LogP) is 6.90. The van der Waals surface area contributed by atoms with Gasteiger partial charge in [0.25, 0.3) is 0 Å². The molecule has 1 aliphatic carbocycles. The third-order valence-electron chi connectivity index (χ3n) is 5.36. The van der Waals surface area contributed by atoms with Crippen molar-refractivity contribution in [3.63, 3.8) is 0 Å². The van der Waals surface area contributed by atoms with Crippen molar-refractivity contribution in [2.75, 3.05) is 5.73 Å². The summed E-state index contributed by atoms with van der Waals surface area (Å²) >= 11 is 12.7. The first-order valence-corrected chi connectivity index (χ1v) is 9.60. The van der Waals surface area contributed by atoms with E-state index in [4.69, 9.17) is 33.9 Å². The van der Waals surface area contributed by atoms with E-state index in [-0.39, 0.29) is 18.3 Å². The summed E-state index contributed by atoms with van der Waals surface area (Å²) in [4.78, 5) is 4.81. The zero-order valence-corrected chi connectivity index (χ0v) is 17.2. The lowest BCUT2D eigenvalue weighted by molar-refractivity contribution is 0.795. The minimum absolute atomic E-state index is 0. The molecular weight excluding hydrogens is 411 g/mol. The number of halogens is 3. The van der Waals surface area contributed by atoms with Crippen molar-refractivity contribution < 1.29 is 0 Å². The molecule has 0 bridgehead atoms. The molecule has 2 N–H and O–H groups in total. The monoisotopic (exact) mass is 426 g/mol. The van der Waals surface area contributed by atoms with Gasteiger partial charge in [-0.3, -0.25) is 0 Å². The maximum absolute atomic E-state index is 6.61. The molecule has 0 amide bonds. The van der Waals surface area contributed by atoms with E-state index in [1.807, 2.05) is 42.5 Å². The summed E-state index contributed by atoms with van der Waals surface area (Å²) in [6.07, 6.45) is 0.861. The lowest BCUT2D eigenvalue weighted by Crippen LogP contribution is -2.15. The molecule has 0 radical (unpaired) electrons. The molecule has 0 fully saturated rings. The van der Waals surface area contributed by atoms with Crippen LogP contribution >= 0.6 is 35.6 Å². The molecule has 3 aromatic carbocycles. The standard InChI is InChI=1S/C23H16Cl2N2.ClH/c24-14-9-10-16(20(25)12-14)19-11-13-5-1-2-6-15(13)22-21(19)17-7-3-4-8-18(17)23(26)27-22;/h1-10,12,19H,11H2,(H2,26,27);1H. The van der Waals surface area contributed by atoms with E-state index < -0.39 is 0 Å². The molecule has 1 unspecified atom stereocenters. The van der Waals surface area contributed by atoms with Crippen LogP contribution in [0.5, 0.6) is 0 Å². The zero-order valence-electron chi connectivity index (χ0n) is 14.8. The number of benzene rings is 3. The topological polar surface area (TPSA) is 38.9 Å². The number of anilines is 1. The number of hydrogen-bond donors (Lipinski definition) is 1. The number of aromatic nitrogens is 1. The Bertz CT molecular complexity index is 1200. The summed E-state index contributed by atoms with van der Waals surface area (Å²) in [6.45, 7) is 0. The van der Waals surface area contributed by atoms with Crippen molar-refractivity contribution >= 4 is 52.2 Å². The van der Waals surface area contributed by atoms with Gasteiger partial charge in [-0.2, -0.15) is 0 Å². The van der Waals surface area contributed by atoms with Crippen molar-refractivity contribution in [3.05, 3.63) is 93.5 Å². The highest BCUT2D eigenvalue weighted by Crippen LogP contribution is 2.47. The van der Waals surface area contributed by atoms with E-state index in [0.717, 1.165) is 34.0 Å². The third kappa shape index (κ3) is 2.93. The SMILES string of the molecule is Cl.Nc1nc2c(c3ccccc13)C(c1ccc(Cl)cc1Cl)Cc1ccccc1-2. The van der Waals surface area contributed by atoms with Gasteiger partial charge in [0.15, 0.2) is 0 Å². The van der Waals surface area contributed by atoms with Gasteiger partial charge in [-0.1, -0.05) is 77.8 Å². The molecule has 5 heteroatoms. The molecule has 0 spiro atoms. The van der Waals surface area contributed by atoms with E-state index in [0.29, 0.717) is 15.9 Å². The summed E-state index contributed by atoms with van der Waals surface area (Å²) in [6, 6.07) is 22.3. The average Bonchev–Trinajstić information content (AvgIpc) is 2.68. The zero-order chi connectivity index (χ0) is 18.5. The van der Waals surface area contributed by atoms with Crippen LogP contribution in [0.4, 0.5) is 5.82 Å². The van der Waals surface area contributed by atoms with E-state index >= 15 is 0 Å². The third-order valence-corrected chi connectivity index (χ3v) is 5.93. The number of nitrogen functional groups attached to an aromatic ring is 1. The molecule has 0 aliphatic heterocycles. The number of hydrogen-bond acceptors (Lipinski definition) is 2. The van der Waals surface area contributed by atoms with Crippen LogP contribution in [-0.4, -0.2) is 4.98 Å². The van der Waals surface area contributed by atoms with Gasteiger partial charge in [0.1, 0.15) is 5.82 Å². The van der Waals surface area contributed by atoms with Crippen molar-refractivity contribution in [2.45, 2.75) is 12.3 Å². The Hall–Kier alpha value is -2.26. The molecule has 4 aromatic rings. The molecule has 2 nitrogen and oxygen atoms in total. The second-order valence-corrected chi connectivity index (χ2v) is 7.73. The van der Waals surface area contributed by atoms with E-state index in [2.05, 4.69) is 24.3 Å². The highest BCUT2D eigenvalue weighted by molar-refractivity contribution is 6.35. The van der Waals surface area contributed by atoms with Gasteiger partial charge in [0, 0.05) is 26.9 Å². The summed E-state index contributed by atoms with van der Waals surface area (Å²) in [5.74, 6) is 0.652. The first kappa shape index (κ1) is 19.1. The first-order chi connectivity index (χ1) is 13.1. The van der Waals surface area contributed by atoms with Crippen molar-refractivity contribution in [1.29, 1.82) is 0 Å². The fraction of sp³-hybridized carbons (Fsp3) is 0.0870. The second-order valence-electron chi connectivity index (χ2n) is 6.88. The molecule has 28 heavy (non-hydrogen) atoms. The van der Waals surface area contributed by atoms with Crippen molar-refractivity contribution in [3.8, 4) is 11.3 Å². The van der Waals surface area contributed by atoms with Crippen LogP contribution in [0.1, 0.15) is 22.6 Å². The Morgan fingerprint density at radius 2 is 1.61 bits per heavy atom. The van der Waals surface area contributed by atoms with Crippen LogP contribution in [0, 0.1) is 0 Å². The minimum atomic E-state index is 0. The van der Waals surface area contributed by atoms with Gasteiger partial charge in [0.05, 0.1) is 5.69 Å². The van der Waals surface area contributed by atoms with Crippen LogP contribution in [0.15, 0.2) is 66.7 Å². The number of nitrogens with two attached hydrogens (primary N) is 1. The first-order valence-electron chi connectivity index (χ1n) is 8.85. The van der Waals surface area contributed by atoms with Gasteiger partial charge in [-0.25, -0.2) is 4.98 Å². The Kier molecular flexibility index (Phi) is 4.96. The summed E-state index contributed by atoms with van der Waals surface area (Å²) in [5.41, 5.74) is 11.9. The number of fused-ring (bicyclic) bond motifs is 5. The molecule has 5 rings (SSSR count). The Labute approximate surface area is 179 Å². The highest BCUT2D eigenvalue weighted by Gasteiger charge is 2.30. The number of rotatable bonds is 1. The normalized spacial score (nSPS) is 14.9. The van der Waals surface area contributed by atoms with Crippen LogP contribution in [0.25, 0.3) is 22.0 Å². The largest absolute Gasteiger partial charge is 0.383 e. The maximum atomic E-state index is 6.61. The minimum Gasteiger partial charge on any atom is -0.383 e. The summed E-state index contributed by atoms with van der Waals surface area (Å²) in [5, 5.41) is 3.43. The van der Waals surface area contributed by atoms with Gasteiger partial charge in [-0.15, -0.1) is 12.4 Å². The van der Waals surface area contributed by atoms with Crippen LogP contribution in [0.2, 0.25) is 10.0 Å². The van der Waals surface area contributed by atoms with E-state index in [1.54, 1.807) is 0 Å². The number of pyridine rings is 1. The molecule has 0 saturated heterocycles. The predicted molar refractivity (Wildman–Crippen MR) is 121 cm³/mol. The van der Waals surface area contributed by atoms with Crippen LogP contribution < -0.4 is 5.73 Å². The molecule has 1 heterocycles. The Balaban J connectivity index is 0.00000192. The fourth-order valence-electron chi connectivity index (χ4n) is 4.17. The van der Waals surface area contributed by atoms with Gasteiger partial charge < -0.3 is 5.73 Å². The molecule has 140 valence electrons. The average molecular weight is 428 g/mol. The van der Waals surface area contributed by atoms with Crippen LogP contribution in [-0.2, 0) is 6.42 Å². The van der Waals surface area contributed by atoms with Crippen LogP contribution in [0.3, 0.4) is 0 Å². The molecule has 1 atom stereocenters. The van der Waals surface area contributed by atoms with Crippen molar-refractivity contribution in [2.24, 2.45) is 0 Å². The maximum Gasteiger partial charge on any atom is 0.131 e. The van der Waals surface area contributed by atoms with E-state index in [9.17, 15) is 0 Å². The Morgan fingerprint density at radius 1 is 0.893 bits per heavy atom. The highest BCUT2D eigenvalue weighted by atomic mass is 35.5. The van der Waals surface area contributed by atoms with Gasteiger partial charge >= 0.3 is 0 Å². The quantitative estimate of drug-likeness (QED) is 0.359. The lowest BCUT2D eigenvalue weighted by atomic mass is 9.76. The summed E-state index contributed by atoms with van der Waals surface area (Å²) < 4.78 is 0. The number of nitrogens with zero attached hydrogens (tertiary/aromatic N) is 1. The van der Waals surface area contributed by atoms with Crippen molar-refractivity contribution in [1.82, 2.24) is 4.98 Å². The Morgan fingerprint density at radius 3 is 2.39 bits per heavy atom. The lowest BCUT2D eigenvalue weighted by Gasteiger charge is -2.30. The van der Waals surface area contributed by atoms with Gasteiger partial charge in [0.2, 0.25) is 0 Å². The summed E-state index contributed by atoms with van der Waals surface area (Å²) in [7, 11) is 0. The van der Waals surface area contributed by atoms with Gasteiger partial charge in [-0.05, 0) is 40.6 Å². The molecule has 0 saturated carbocycles. The second kappa shape index (κ2) is 7.29.